The largest absolute Gasteiger partial charge is 0.444 e. The second-order valence-electron chi connectivity index (χ2n) is 8.08. The Morgan fingerprint density at radius 1 is 1.23 bits per heavy atom. The van der Waals surface area contributed by atoms with Gasteiger partial charge in [0.1, 0.15) is 5.60 Å². The number of hydrogen-bond acceptors (Lipinski definition) is 4. The zero-order valence-electron chi connectivity index (χ0n) is 14.3. The molecule has 4 unspecified atom stereocenters. The van der Waals surface area contributed by atoms with Gasteiger partial charge in [-0.05, 0) is 53.4 Å². The van der Waals surface area contributed by atoms with Crippen molar-refractivity contribution in [1.29, 1.82) is 0 Å². The molecular formula is C17H30N2O3. The van der Waals surface area contributed by atoms with E-state index >= 15 is 0 Å². The van der Waals surface area contributed by atoms with Crippen LogP contribution < -0.4 is 10.6 Å². The smallest absolute Gasteiger partial charge is 0.407 e. The van der Waals surface area contributed by atoms with Crippen LogP contribution in [0.25, 0.3) is 0 Å². The van der Waals surface area contributed by atoms with Gasteiger partial charge in [0.05, 0.1) is 6.10 Å². The molecule has 0 aromatic heterocycles. The third kappa shape index (κ3) is 3.11. The van der Waals surface area contributed by atoms with Crippen molar-refractivity contribution in [3.8, 4) is 0 Å². The lowest BCUT2D eigenvalue weighted by molar-refractivity contribution is -0.173. The number of ether oxygens (including phenoxy) is 2. The van der Waals surface area contributed by atoms with Gasteiger partial charge in [0.15, 0.2) is 0 Å². The summed E-state index contributed by atoms with van der Waals surface area (Å²) >= 11 is 0. The van der Waals surface area contributed by atoms with Crippen LogP contribution in [0.2, 0.25) is 0 Å². The summed E-state index contributed by atoms with van der Waals surface area (Å²) in [6.45, 7) is 8.55. The van der Waals surface area contributed by atoms with Gasteiger partial charge in [-0.2, -0.15) is 0 Å². The topological polar surface area (TPSA) is 59.6 Å². The van der Waals surface area contributed by atoms with Crippen LogP contribution in [0.1, 0.15) is 59.8 Å². The van der Waals surface area contributed by atoms with Crippen LogP contribution in [0.15, 0.2) is 0 Å². The van der Waals surface area contributed by atoms with Crippen molar-refractivity contribution in [3.05, 3.63) is 0 Å². The first-order valence-electron chi connectivity index (χ1n) is 8.71. The van der Waals surface area contributed by atoms with Crippen molar-refractivity contribution in [2.75, 3.05) is 6.61 Å². The Hall–Kier alpha value is -0.810. The molecule has 0 bridgehead atoms. The van der Waals surface area contributed by atoms with E-state index in [2.05, 4.69) is 17.6 Å². The number of rotatable bonds is 5. The predicted molar refractivity (Wildman–Crippen MR) is 84.8 cm³/mol. The summed E-state index contributed by atoms with van der Waals surface area (Å²) in [5.74, 6) is 0. The van der Waals surface area contributed by atoms with E-state index in [0.717, 1.165) is 19.4 Å². The Balaban J connectivity index is 1.42. The summed E-state index contributed by atoms with van der Waals surface area (Å²) in [5.41, 5.74) is -0.0500. The number of amides is 1. The molecular weight excluding hydrogens is 280 g/mol. The van der Waals surface area contributed by atoms with Crippen LogP contribution in [-0.2, 0) is 9.47 Å². The van der Waals surface area contributed by atoms with Gasteiger partial charge >= 0.3 is 6.09 Å². The number of hydrogen-bond donors (Lipinski definition) is 2. The maximum absolute atomic E-state index is 11.8. The summed E-state index contributed by atoms with van der Waals surface area (Å²) in [6.07, 6.45) is 6.15. The van der Waals surface area contributed by atoms with Crippen LogP contribution in [-0.4, -0.2) is 42.5 Å². The molecule has 0 heterocycles. The molecule has 22 heavy (non-hydrogen) atoms. The van der Waals surface area contributed by atoms with E-state index in [1.807, 2.05) is 20.8 Å². The number of alkyl carbamates (subject to hydrolysis) is 1. The molecule has 3 fully saturated rings. The van der Waals surface area contributed by atoms with Gasteiger partial charge in [-0.1, -0.05) is 6.42 Å². The number of nitrogens with one attached hydrogen (secondary N) is 2. The van der Waals surface area contributed by atoms with Gasteiger partial charge in [0, 0.05) is 30.1 Å². The molecule has 126 valence electrons. The normalized spacial score (nSPS) is 35.5. The first-order valence-corrected chi connectivity index (χ1v) is 8.71. The monoisotopic (exact) mass is 310 g/mol. The van der Waals surface area contributed by atoms with E-state index in [1.54, 1.807) is 0 Å². The molecule has 1 amide bonds. The molecule has 3 rings (SSSR count). The van der Waals surface area contributed by atoms with Crippen LogP contribution in [0.4, 0.5) is 4.79 Å². The molecule has 1 spiro atoms. The van der Waals surface area contributed by atoms with Crippen molar-refractivity contribution in [2.24, 2.45) is 5.41 Å². The highest BCUT2D eigenvalue weighted by Crippen LogP contribution is 2.57. The average molecular weight is 310 g/mol. The standard InChI is InChI=1S/C17H30N2O3/c1-5-21-14-10-13(17(14)7-6-8-17)18-11-9-12(11)19-15(20)22-16(2,3)4/h11-14,18H,5-10H2,1-4H3,(H,19,20). The van der Waals surface area contributed by atoms with Gasteiger partial charge in [-0.25, -0.2) is 4.79 Å². The summed E-state index contributed by atoms with van der Waals surface area (Å²) in [6, 6.07) is 1.18. The molecule has 3 saturated carbocycles. The first-order chi connectivity index (χ1) is 10.3. The molecule has 3 aliphatic rings. The van der Waals surface area contributed by atoms with Gasteiger partial charge in [0.25, 0.3) is 0 Å². The van der Waals surface area contributed by atoms with Crippen LogP contribution in [0.3, 0.4) is 0 Å². The zero-order chi connectivity index (χ0) is 16.0. The highest BCUT2D eigenvalue weighted by atomic mass is 16.6. The lowest BCUT2D eigenvalue weighted by Crippen LogP contribution is -2.67. The molecule has 0 aliphatic heterocycles. The van der Waals surface area contributed by atoms with Gasteiger partial charge in [-0.3, -0.25) is 0 Å². The second-order valence-corrected chi connectivity index (χ2v) is 8.08. The van der Waals surface area contributed by atoms with Gasteiger partial charge < -0.3 is 20.1 Å². The van der Waals surface area contributed by atoms with Gasteiger partial charge in [0.2, 0.25) is 0 Å². The lowest BCUT2D eigenvalue weighted by atomic mass is 9.51. The summed E-state index contributed by atoms with van der Waals surface area (Å²) < 4.78 is 11.2. The van der Waals surface area contributed by atoms with Crippen LogP contribution in [0, 0.1) is 5.41 Å². The highest BCUT2D eigenvalue weighted by molar-refractivity contribution is 5.68. The third-order valence-electron chi connectivity index (χ3n) is 5.35. The lowest BCUT2D eigenvalue weighted by Gasteiger charge is -2.61. The van der Waals surface area contributed by atoms with Crippen molar-refractivity contribution in [3.63, 3.8) is 0 Å². The molecule has 4 atom stereocenters. The fourth-order valence-corrected chi connectivity index (χ4v) is 3.93. The highest BCUT2D eigenvalue weighted by Gasteiger charge is 2.60. The Kier molecular flexibility index (Phi) is 4.14. The van der Waals surface area contributed by atoms with Gasteiger partial charge in [-0.15, -0.1) is 0 Å². The van der Waals surface area contributed by atoms with Crippen molar-refractivity contribution in [1.82, 2.24) is 10.6 Å². The maximum Gasteiger partial charge on any atom is 0.407 e. The molecule has 3 aliphatic carbocycles. The number of carbonyl (C=O) groups excluding carboxylic acids is 1. The van der Waals surface area contributed by atoms with Crippen molar-refractivity contribution >= 4 is 6.09 Å². The van der Waals surface area contributed by atoms with E-state index in [-0.39, 0.29) is 12.1 Å². The minimum absolute atomic E-state index is 0.220. The predicted octanol–water partition coefficient (Wildman–Crippen LogP) is 2.59. The molecule has 0 saturated heterocycles. The van der Waals surface area contributed by atoms with Crippen molar-refractivity contribution in [2.45, 2.75) is 89.6 Å². The Labute approximate surface area is 133 Å². The van der Waals surface area contributed by atoms with Crippen LogP contribution >= 0.6 is 0 Å². The molecule has 0 radical (unpaired) electrons. The Morgan fingerprint density at radius 2 is 1.95 bits per heavy atom. The molecule has 5 heteroatoms. The summed E-state index contributed by atoms with van der Waals surface area (Å²) in [5, 5.41) is 6.70. The van der Waals surface area contributed by atoms with E-state index in [1.165, 1.54) is 19.3 Å². The quantitative estimate of drug-likeness (QED) is 0.819. The van der Waals surface area contributed by atoms with E-state index in [0.29, 0.717) is 23.6 Å². The third-order valence-corrected chi connectivity index (χ3v) is 5.35. The maximum atomic E-state index is 11.8. The minimum atomic E-state index is -0.434. The fourth-order valence-electron chi connectivity index (χ4n) is 3.93. The van der Waals surface area contributed by atoms with Crippen molar-refractivity contribution < 1.29 is 14.3 Å². The molecule has 5 nitrogen and oxygen atoms in total. The number of carbonyl (C=O) groups is 1. The average Bonchev–Trinajstić information content (AvgIpc) is 3.00. The minimum Gasteiger partial charge on any atom is -0.444 e. The SMILES string of the molecule is CCOC1CC(NC2CC2NC(=O)OC(C)(C)C)C12CCC2. The Bertz CT molecular complexity index is 428. The summed E-state index contributed by atoms with van der Waals surface area (Å²) in [7, 11) is 0. The first kappa shape index (κ1) is 16.1. The van der Waals surface area contributed by atoms with Crippen LogP contribution in [0.5, 0.6) is 0 Å². The molecule has 0 aromatic carbocycles. The molecule has 0 aromatic rings. The van der Waals surface area contributed by atoms with E-state index in [9.17, 15) is 4.79 Å². The fraction of sp³-hybridized carbons (Fsp3) is 0.941. The van der Waals surface area contributed by atoms with E-state index < -0.39 is 5.60 Å². The summed E-state index contributed by atoms with van der Waals surface area (Å²) in [4.78, 5) is 11.8. The second kappa shape index (κ2) is 5.68. The van der Waals surface area contributed by atoms with E-state index in [4.69, 9.17) is 9.47 Å². The Morgan fingerprint density at radius 3 is 2.50 bits per heavy atom. The molecule has 2 N–H and O–H groups in total. The zero-order valence-corrected chi connectivity index (χ0v) is 14.3.